The van der Waals surface area contributed by atoms with Crippen LogP contribution in [0.25, 0.3) is 0 Å². The Kier molecular flexibility index (Phi) is 5.48. The molecule has 0 atom stereocenters. The van der Waals surface area contributed by atoms with E-state index in [1.807, 2.05) is 0 Å². The number of likely N-dealkylation sites (N-methyl/N-ethyl adjacent to an activating group) is 1. The van der Waals surface area contributed by atoms with E-state index in [2.05, 4.69) is 50.0 Å². The normalized spacial score (nSPS) is 10.8. The molecule has 0 aliphatic rings. The summed E-state index contributed by atoms with van der Waals surface area (Å²) < 4.78 is 0.834. The summed E-state index contributed by atoms with van der Waals surface area (Å²) in [4.78, 5) is 10.3. The fraction of sp³-hybridized carbons (Fsp3) is 0.600. The zero-order valence-corrected chi connectivity index (χ0v) is 11.3. The first-order valence-corrected chi connectivity index (χ1v) is 6.20. The van der Waals surface area contributed by atoms with E-state index in [-0.39, 0.29) is 5.95 Å². The Hall–Kier alpha value is -0.880. The van der Waals surface area contributed by atoms with Gasteiger partial charge in [-0.2, -0.15) is 4.98 Å². The van der Waals surface area contributed by atoms with Gasteiger partial charge >= 0.3 is 0 Å². The summed E-state index contributed by atoms with van der Waals surface area (Å²) in [5.74, 6) is 1.04. The quantitative estimate of drug-likeness (QED) is 0.832. The molecule has 0 fully saturated rings. The number of halogens is 1. The number of nitrogens with zero attached hydrogens (tertiary/aromatic N) is 3. The number of anilines is 2. The van der Waals surface area contributed by atoms with E-state index < -0.39 is 0 Å². The second-order valence-corrected chi connectivity index (χ2v) is 4.23. The lowest BCUT2D eigenvalue weighted by molar-refractivity contribution is 0.316. The van der Waals surface area contributed by atoms with Gasteiger partial charge in [0.2, 0.25) is 5.95 Å². The molecule has 0 radical (unpaired) electrons. The average molecular weight is 288 g/mol. The lowest BCUT2D eigenvalue weighted by Crippen LogP contribution is -2.28. The van der Waals surface area contributed by atoms with Gasteiger partial charge in [-0.15, -0.1) is 0 Å². The summed E-state index contributed by atoms with van der Waals surface area (Å²) in [6, 6.07) is 0. The Morgan fingerprint density at radius 3 is 2.75 bits per heavy atom. The number of hydrogen-bond donors (Lipinski definition) is 2. The summed E-state index contributed by atoms with van der Waals surface area (Å²) in [6.07, 6.45) is 1.65. The van der Waals surface area contributed by atoms with Crippen molar-refractivity contribution in [3.05, 3.63) is 10.7 Å². The van der Waals surface area contributed by atoms with Gasteiger partial charge in [-0.05, 0) is 29.0 Å². The highest BCUT2D eigenvalue weighted by atomic mass is 79.9. The minimum Gasteiger partial charge on any atom is -0.368 e. The van der Waals surface area contributed by atoms with Gasteiger partial charge in [0.25, 0.3) is 0 Å². The number of nitrogens with one attached hydrogen (secondary N) is 1. The molecule has 0 saturated carbocycles. The molecule has 0 bridgehead atoms. The maximum Gasteiger partial charge on any atom is 0.221 e. The largest absolute Gasteiger partial charge is 0.368 e. The number of nitrogen functional groups attached to an aromatic ring is 1. The number of aromatic nitrogens is 2. The lowest BCUT2D eigenvalue weighted by atomic mass is 10.4. The van der Waals surface area contributed by atoms with Crippen molar-refractivity contribution < 1.29 is 0 Å². The van der Waals surface area contributed by atoms with Crippen molar-refractivity contribution in [3.8, 4) is 0 Å². The average Bonchev–Trinajstić information content (AvgIpc) is 2.29. The monoisotopic (exact) mass is 287 g/mol. The zero-order chi connectivity index (χ0) is 12.0. The number of rotatable bonds is 6. The lowest BCUT2D eigenvalue weighted by Gasteiger charge is -2.18. The Morgan fingerprint density at radius 2 is 2.12 bits per heavy atom. The summed E-state index contributed by atoms with van der Waals surface area (Å²) in [5.41, 5.74) is 5.52. The highest BCUT2D eigenvalue weighted by molar-refractivity contribution is 9.10. The molecule has 0 saturated heterocycles. The van der Waals surface area contributed by atoms with E-state index in [0.717, 1.165) is 36.5 Å². The standard InChI is InChI=1S/C10H18BrN5/c1-3-16(4-2)6-5-13-9-8(11)7-14-10(12)15-9/h7H,3-6H2,1-2H3,(H3,12,13,14,15). The van der Waals surface area contributed by atoms with Crippen LogP contribution in [-0.4, -0.2) is 41.0 Å². The van der Waals surface area contributed by atoms with Crippen LogP contribution in [0.1, 0.15) is 13.8 Å². The predicted molar refractivity (Wildman–Crippen MR) is 70.4 cm³/mol. The van der Waals surface area contributed by atoms with E-state index in [1.165, 1.54) is 0 Å². The molecular weight excluding hydrogens is 270 g/mol. The van der Waals surface area contributed by atoms with Crippen molar-refractivity contribution >= 4 is 27.7 Å². The van der Waals surface area contributed by atoms with E-state index in [4.69, 9.17) is 5.73 Å². The second-order valence-electron chi connectivity index (χ2n) is 3.38. The van der Waals surface area contributed by atoms with Gasteiger partial charge in [0.15, 0.2) is 0 Å². The summed E-state index contributed by atoms with van der Waals surface area (Å²) in [7, 11) is 0. The first-order chi connectivity index (χ1) is 7.67. The smallest absolute Gasteiger partial charge is 0.221 e. The highest BCUT2D eigenvalue weighted by Crippen LogP contribution is 2.18. The Bertz CT molecular complexity index is 327. The minimum absolute atomic E-state index is 0.286. The van der Waals surface area contributed by atoms with Crippen LogP contribution in [-0.2, 0) is 0 Å². The van der Waals surface area contributed by atoms with Crippen molar-refractivity contribution in [2.24, 2.45) is 0 Å². The fourth-order valence-corrected chi connectivity index (χ4v) is 1.71. The Morgan fingerprint density at radius 1 is 1.44 bits per heavy atom. The van der Waals surface area contributed by atoms with Crippen LogP contribution >= 0.6 is 15.9 Å². The van der Waals surface area contributed by atoms with Gasteiger partial charge in [-0.1, -0.05) is 13.8 Å². The van der Waals surface area contributed by atoms with Crippen molar-refractivity contribution in [2.75, 3.05) is 37.2 Å². The van der Waals surface area contributed by atoms with Crippen LogP contribution < -0.4 is 11.1 Å². The SMILES string of the molecule is CCN(CC)CCNc1nc(N)ncc1Br. The highest BCUT2D eigenvalue weighted by Gasteiger charge is 2.03. The van der Waals surface area contributed by atoms with E-state index in [0.29, 0.717) is 0 Å². The molecule has 6 heteroatoms. The molecule has 5 nitrogen and oxygen atoms in total. The summed E-state index contributed by atoms with van der Waals surface area (Å²) in [5, 5.41) is 3.23. The molecule has 1 aromatic heterocycles. The van der Waals surface area contributed by atoms with Crippen LogP contribution in [0.2, 0.25) is 0 Å². The molecular formula is C10H18BrN5. The van der Waals surface area contributed by atoms with Gasteiger partial charge in [0, 0.05) is 19.3 Å². The fourth-order valence-electron chi connectivity index (χ4n) is 1.38. The van der Waals surface area contributed by atoms with Crippen molar-refractivity contribution in [1.29, 1.82) is 0 Å². The Balaban J connectivity index is 2.45. The van der Waals surface area contributed by atoms with Crippen LogP contribution in [0.15, 0.2) is 10.7 Å². The van der Waals surface area contributed by atoms with E-state index >= 15 is 0 Å². The van der Waals surface area contributed by atoms with Crippen molar-refractivity contribution in [3.63, 3.8) is 0 Å². The first-order valence-electron chi connectivity index (χ1n) is 5.41. The minimum atomic E-state index is 0.286. The Labute approximate surface area is 105 Å². The number of nitrogens with two attached hydrogens (primary N) is 1. The zero-order valence-electron chi connectivity index (χ0n) is 9.70. The van der Waals surface area contributed by atoms with Crippen LogP contribution in [0.4, 0.5) is 11.8 Å². The maximum atomic E-state index is 5.52. The summed E-state index contributed by atoms with van der Waals surface area (Å²) in [6.45, 7) is 8.26. The van der Waals surface area contributed by atoms with Crippen molar-refractivity contribution in [2.45, 2.75) is 13.8 Å². The third kappa shape index (κ3) is 3.94. The predicted octanol–water partition coefficient (Wildman–Crippen LogP) is 1.57. The van der Waals surface area contributed by atoms with Gasteiger partial charge in [-0.25, -0.2) is 4.98 Å². The second kappa shape index (κ2) is 6.65. The van der Waals surface area contributed by atoms with Gasteiger partial charge < -0.3 is 16.0 Å². The molecule has 16 heavy (non-hydrogen) atoms. The first kappa shape index (κ1) is 13.2. The van der Waals surface area contributed by atoms with E-state index in [1.54, 1.807) is 6.20 Å². The van der Waals surface area contributed by atoms with Crippen LogP contribution in [0.5, 0.6) is 0 Å². The summed E-state index contributed by atoms with van der Waals surface area (Å²) >= 11 is 3.38. The van der Waals surface area contributed by atoms with Crippen LogP contribution in [0, 0.1) is 0 Å². The molecule has 0 unspecified atom stereocenters. The van der Waals surface area contributed by atoms with Gasteiger partial charge in [0.1, 0.15) is 5.82 Å². The molecule has 90 valence electrons. The maximum absolute atomic E-state index is 5.52. The molecule has 1 rings (SSSR count). The molecule has 0 amide bonds. The molecule has 1 aromatic rings. The molecule has 0 aliphatic heterocycles. The number of hydrogen-bond acceptors (Lipinski definition) is 5. The van der Waals surface area contributed by atoms with Crippen LogP contribution in [0.3, 0.4) is 0 Å². The molecule has 3 N–H and O–H groups in total. The third-order valence-corrected chi connectivity index (χ3v) is 2.96. The van der Waals surface area contributed by atoms with Gasteiger partial charge in [-0.3, -0.25) is 0 Å². The third-order valence-electron chi connectivity index (χ3n) is 2.38. The van der Waals surface area contributed by atoms with Gasteiger partial charge in [0.05, 0.1) is 4.47 Å². The molecule has 0 spiro atoms. The molecule has 0 aliphatic carbocycles. The molecule has 1 heterocycles. The van der Waals surface area contributed by atoms with Crippen molar-refractivity contribution in [1.82, 2.24) is 14.9 Å². The molecule has 0 aromatic carbocycles. The van der Waals surface area contributed by atoms with E-state index in [9.17, 15) is 0 Å². The topological polar surface area (TPSA) is 67.1 Å².